The van der Waals surface area contributed by atoms with Gasteiger partial charge in [-0.05, 0) is 0 Å². The van der Waals surface area contributed by atoms with Crippen LogP contribution < -0.4 is 11.2 Å². The summed E-state index contributed by atoms with van der Waals surface area (Å²) in [6.07, 6.45) is 0. The normalized spacial score (nSPS) is 10.5. The van der Waals surface area contributed by atoms with Crippen molar-refractivity contribution in [2.75, 3.05) is 26.4 Å². The van der Waals surface area contributed by atoms with Crippen molar-refractivity contribution in [3.05, 3.63) is 0 Å². The number of hydrogen-bond acceptors (Lipinski definition) is 6. The van der Waals surface area contributed by atoms with E-state index in [2.05, 4.69) is 0 Å². The van der Waals surface area contributed by atoms with Crippen LogP contribution >= 0.6 is 0 Å². The standard InChI is InChI=1S/C4H11NO3.C2H7NO/c5-4(1-6,2-7)3-8;1-2-3-4/h6-8H,1-3,5H2;3-4H,2H2,1H3. The van der Waals surface area contributed by atoms with Crippen LogP contribution in [0.2, 0.25) is 0 Å². The van der Waals surface area contributed by atoms with Crippen molar-refractivity contribution < 1.29 is 20.5 Å². The van der Waals surface area contributed by atoms with E-state index in [4.69, 9.17) is 26.3 Å². The Morgan fingerprint density at radius 3 is 1.42 bits per heavy atom. The molecule has 0 radical (unpaired) electrons. The minimum atomic E-state index is -1.21. The van der Waals surface area contributed by atoms with Gasteiger partial charge in [0.1, 0.15) is 0 Å². The van der Waals surface area contributed by atoms with Crippen molar-refractivity contribution in [1.29, 1.82) is 0 Å². The highest BCUT2D eigenvalue weighted by Gasteiger charge is 2.20. The van der Waals surface area contributed by atoms with E-state index in [0.29, 0.717) is 6.54 Å². The second-order valence-corrected chi connectivity index (χ2v) is 2.35. The molecule has 0 aromatic rings. The van der Waals surface area contributed by atoms with Crippen LogP contribution in [0.15, 0.2) is 0 Å². The summed E-state index contributed by atoms with van der Waals surface area (Å²) in [6.45, 7) is 1.24. The average Bonchev–Trinajstić information content (AvgIpc) is 2.17. The molecular formula is C6H18N2O4. The molecule has 12 heavy (non-hydrogen) atoms. The molecule has 6 nitrogen and oxygen atoms in total. The Bertz CT molecular complexity index is 77.4. The maximum absolute atomic E-state index is 8.34. The lowest BCUT2D eigenvalue weighted by Crippen LogP contribution is -2.50. The summed E-state index contributed by atoms with van der Waals surface area (Å²) < 4.78 is 0. The van der Waals surface area contributed by atoms with Crippen molar-refractivity contribution >= 4 is 0 Å². The zero-order valence-corrected chi connectivity index (χ0v) is 7.19. The smallest absolute Gasteiger partial charge is 0.0856 e. The van der Waals surface area contributed by atoms with Crippen molar-refractivity contribution in [2.45, 2.75) is 12.5 Å². The van der Waals surface area contributed by atoms with E-state index < -0.39 is 25.4 Å². The summed E-state index contributed by atoms with van der Waals surface area (Å²) in [7, 11) is 0. The molecular weight excluding hydrogens is 164 g/mol. The Kier molecular flexibility index (Phi) is 10.5. The molecule has 0 aromatic carbocycles. The van der Waals surface area contributed by atoms with Gasteiger partial charge in [-0.2, -0.15) is 0 Å². The molecule has 0 aliphatic heterocycles. The van der Waals surface area contributed by atoms with Gasteiger partial charge >= 0.3 is 0 Å². The van der Waals surface area contributed by atoms with Gasteiger partial charge in [-0.25, -0.2) is 5.48 Å². The molecule has 0 aliphatic carbocycles. The molecule has 0 spiro atoms. The third-order valence-corrected chi connectivity index (χ3v) is 1.10. The van der Waals surface area contributed by atoms with E-state index >= 15 is 0 Å². The van der Waals surface area contributed by atoms with E-state index in [1.54, 1.807) is 0 Å². The van der Waals surface area contributed by atoms with Gasteiger partial charge in [-0.3, -0.25) is 0 Å². The molecule has 7 N–H and O–H groups in total. The van der Waals surface area contributed by atoms with Gasteiger partial charge in [-0.15, -0.1) is 0 Å². The van der Waals surface area contributed by atoms with Crippen LogP contribution in [0.1, 0.15) is 6.92 Å². The first-order chi connectivity index (χ1) is 5.60. The molecule has 0 fully saturated rings. The van der Waals surface area contributed by atoms with Crippen molar-refractivity contribution in [1.82, 2.24) is 5.48 Å². The first-order valence-electron chi connectivity index (χ1n) is 3.58. The van der Waals surface area contributed by atoms with E-state index in [1.165, 1.54) is 0 Å². The number of rotatable bonds is 4. The number of hydrogen-bond donors (Lipinski definition) is 6. The third kappa shape index (κ3) is 7.86. The molecule has 6 heteroatoms. The fourth-order valence-corrected chi connectivity index (χ4v) is 0.150. The lowest BCUT2D eigenvalue weighted by molar-refractivity contribution is 0.0698. The Labute approximate surface area is 71.6 Å². The van der Waals surface area contributed by atoms with Crippen molar-refractivity contribution in [3.8, 4) is 0 Å². The zero-order valence-electron chi connectivity index (χ0n) is 7.19. The fourth-order valence-electron chi connectivity index (χ4n) is 0.150. The lowest BCUT2D eigenvalue weighted by atomic mass is 10.1. The largest absolute Gasteiger partial charge is 0.394 e. The molecule has 0 rings (SSSR count). The van der Waals surface area contributed by atoms with Gasteiger partial charge in [0.15, 0.2) is 0 Å². The molecule has 0 bridgehead atoms. The maximum atomic E-state index is 8.34. The number of aliphatic hydroxyl groups is 3. The Morgan fingerprint density at radius 1 is 1.17 bits per heavy atom. The predicted octanol–water partition coefficient (Wildman–Crippen LogP) is -2.35. The summed E-state index contributed by atoms with van der Waals surface area (Å²) >= 11 is 0. The van der Waals surface area contributed by atoms with Crippen LogP contribution in [-0.4, -0.2) is 52.4 Å². The van der Waals surface area contributed by atoms with Gasteiger partial charge in [0.2, 0.25) is 0 Å². The van der Waals surface area contributed by atoms with Crippen LogP contribution in [0.5, 0.6) is 0 Å². The fraction of sp³-hybridized carbons (Fsp3) is 1.00. The first-order valence-corrected chi connectivity index (χ1v) is 3.58. The second-order valence-electron chi connectivity index (χ2n) is 2.35. The molecule has 0 aromatic heterocycles. The highest BCUT2D eigenvalue weighted by atomic mass is 16.5. The Morgan fingerprint density at radius 2 is 1.42 bits per heavy atom. The molecule has 0 saturated heterocycles. The van der Waals surface area contributed by atoms with Crippen LogP contribution in [0.3, 0.4) is 0 Å². The summed E-state index contributed by atoms with van der Waals surface area (Å²) in [4.78, 5) is 0. The molecule has 0 unspecified atom stereocenters. The van der Waals surface area contributed by atoms with Gasteiger partial charge in [0.25, 0.3) is 0 Å². The van der Waals surface area contributed by atoms with E-state index in [0.717, 1.165) is 0 Å². The molecule has 76 valence electrons. The van der Waals surface area contributed by atoms with Crippen molar-refractivity contribution in [3.63, 3.8) is 0 Å². The van der Waals surface area contributed by atoms with Crippen LogP contribution in [0.25, 0.3) is 0 Å². The molecule has 0 aliphatic rings. The summed E-state index contributed by atoms with van der Waals surface area (Å²) in [6, 6.07) is 0. The quantitative estimate of drug-likeness (QED) is 0.271. The van der Waals surface area contributed by atoms with Gasteiger partial charge in [0.05, 0.1) is 25.4 Å². The second kappa shape index (κ2) is 8.85. The van der Waals surface area contributed by atoms with E-state index in [1.807, 2.05) is 12.4 Å². The van der Waals surface area contributed by atoms with Crippen molar-refractivity contribution in [2.24, 2.45) is 5.73 Å². The zero-order chi connectivity index (χ0) is 10.0. The predicted molar refractivity (Wildman–Crippen MR) is 43.6 cm³/mol. The van der Waals surface area contributed by atoms with Crippen LogP contribution in [-0.2, 0) is 0 Å². The molecule has 0 heterocycles. The minimum Gasteiger partial charge on any atom is -0.394 e. The minimum absolute atomic E-state index is 0.403. The lowest BCUT2D eigenvalue weighted by Gasteiger charge is -2.20. The number of aliphatic hydroxyl groups excluding tert-OH is 3. The molecule has 0 saturated carbocycles. The SMILES string of the molecule is CCNO.NC(CO)(CO)CO. The Hall–Kier alpha value is -0.240. The Balaban J connectivity index is 0. The average molecular weight is 182 g/mol. The van der Waals surface area contributed by atoms with Gasteiger partial charge in [0, 0.05) is 6.54 Å². The summed E-state index contributed by atoms with van der Waals surface area (Å²) in [5.74, 6) is 0. The van der Waals surface area contributed by atoms with Crippen LogP contribution in [0.4, 0.5) is 0 Å². The third-order valence-electron chi connectivity index (χ3n) is 1.10. The molecule has 0 amide bonds. The van der Waals surface area contributed by atoms with E-state index in [9.17, 15) is 0 Å². The summed E-state index contributed by atoms with van der Waals surface area (Å²) in [5, 5.41) is 32.6. The van der Waals surface area contributed by atoms with Gasteiger partial charge in [-0.1, -0.05) is 6.92 Å². The number of nitrogens with one attached hydrogen (secondary N) is 1. The number of hydroxylamine groups is 1. The maximum Gasteiger partial charge on any atom is 0.0856 e. The topological polar surface area (TPSA) is 119 Å². The highest BCUT2D eigenvalue weighted by Crippen LogP contribution is 1.93. The van der Waals surface area contributed by atoms with E-state index in [-0.39, 0.29) is 0 Å². The van der Waals surface area contributed by atoms with Crippen LogP contribution in [0, 0.1) is 0 Å². The first kappa shape index (κ1) is 14.3. The number of nitrogens with two attached hydrogens (primary N) is 1. The monoisotopic (exact) mass is 182 g/mol. The highest BCUT2D eigenvalue weighted by molar-refractivity contribution is 4.80. The molecule has 0 atom stereocenters. The summed E-state index contributed by atoms with van der Waals surface area (Å²) in [5.41, 5.74) is 5.87. The van der Waals surface area contributed by atoms with Gasteiger partial charge < -0.3 is 26.3 Å².